The Balaban J connectivity index is 2.67. The van der Waals surface area contributed by atoms with Crippen molar-refractivity contribution < 1.29 is 9.90 Å². The summed E-state index contributed by atoms with van der Waals surface area (Å²) in [7, 11) is 1.18. The number of rotatable bonds is 2. The monoisotopic (exact) mass is 178 g/mol. The van der Waals surface area contributed by atoms with E-state index in [9.17, 15) is 4.79 Å². The Morgan fingerprint density at radius 1 is 1.50 bits per heavy atom. The van der Waals surface area contributed by atoms with Crippen LogP contribution in [-0.2, 0) is 4.79 Å². The summed E-state index contributed by atoms with van der Waals surface area (Å²) in [4.78, 5) is 10.7. The lowest BCUT2D eigenvalue weighted by Gasteiger charge is -2.18. The molecule has 0 saturated heterocycles. The number of carboxylic acids is 1. The highest BCUT2D eigenvalue weighted by atomic mass is 33.1. The van der Waals surface area contributed by atoms with E-state index >= 15 is 0 Å². The summed E-state index contributed by atoms with van der Waals surface area (Å²) in [6, 6.07) is 0. The Morgan fingerprint density at radius 3 is 2.20 bits per heavy atom. The predicted octanol–water partition coefficient (Wildman–Crippen LogP) is 1.96. The van der Waals surface area contributed by atoms with E-state index in [1.807, 2.05) is 0 Å². The van der Waals surface area contributed by atoms with Crippen molar-refractivity contribution in [3.8, 4) is 0 Å². The first-order valence-corrected chi connectivity index (χ1v) is 5.14. The van der Waals surface area contributed by atoms with Crippen LogP contribution in [0.5, 0.6) is 0 Å². The van der Waals surface area contributed by atoms with Crippen LogP contribution in [0, 0.1) is 0 Å². The summed E-state index contributed by atoms with van der Waals surface area (Å²) in [5.74, 6) is -0.704. The molecule has 4 heteroatoms. The van der Waals surface area contributed by atoms with E-state index in [0.717, 1.165) is 25.7 Å². The van der Waals surface area contributed by atoms with E-state index < -0.39 is 10.7 Å². The fraction of sp³-hybridized carbons (Fsp3) is 0.833. The summed E-state index contributed by atoms with van der Waals surface area (Å²) in [6.45, 7) is 0. The molecule has 1 rings (SSSR count). The molecule has 0 aromatic rings. The molecular formula is C6H10O2S2. The molecule has 0 aromatic carbocycles. The zero-order valence-corrected chi connectivity index (χ0v) is 7.25. The first kappa shape index (κ1) is 8.27. The average Bonchev–Trinajstić information content (AvgIpc) is 2.35. The van der Waals surface area contributed by atoms with Gasteiger partial charge in [-0.15, -0.1) is 11.7 Å². The Morgan fingerprint density at radius 2 is 2.00 bits per heavy atom. The van der Waals surface area contributed by atoms with E-state index in [4.69, 9.17) is 5.11 Å². The normalized spacial score (nSPS) is 22.9. The van der Waals surface area contributed by atoms with E-state index in [0.29, 0.717) is 0 Å². The molecule has 1 aliphatic carbocycles. The fourth-order valence-corrected chi connectivity index (χ4v) is 2.62. The van der Waals surface area contributed by atoms with E-state index in [1.54, 1.807) is 0 Å². The van der Waals surface area contributed by atoms with Crippen molar-refractivity contribution in [3.63, 3.8) is 0 Å². The maximum atomic E-state index is 10.7. The second-order valence-corrected chi connectivity index (χ2v) is 4.11. The van der Waals surface area contributed by atoms with Crippen molar-refractivity contribution in [2.45, 2.75) is 30.4 Å². The van der Waals surface area contributed by atoms with Crippen LogP contribution >= 0.6 is 22.5 Å². The summed E-state index contributed by atoms with van der Waals surface area (Å²) in [5, 5.41) is 8.79. The molecule has 58 valence electrons. The third-order valence-electron chi connectivity index (χ3n) is 1.98. The van der Waals surface area contributed by atoms with Crippen molar-refractivity contribution in [3.05, 3.63) is 0 Å². The number of carbonyl (C=O) groups is 1. The highest BCUT2D eigenvalue weighted by molar-refractivity contribution is 8.69. The second kappa shape index (κ2) is 3.05. The highest BCUT2D eigenvalue weighted by Gasteiger charge is 2.41. The van der Waals surface area contributed by atoms with Crippen molar-refractivity contribution in [2.24, 2.45) is 0 Å². The van der Waals surface area contributed by atoms with Crippen LogP contribution in [-0.4, -0.2) is 15.8 Å². The third kappa shape index (κ3) is 1.27. The van der Waals surface area contributed by atoms with E-state index in [-0.39, 0.29) is 0 Å². The maximum Gasteiger partial charge on any atom is 0.320 e. The SMILES string of the molecule is O=C(O)C1(SS)CCCC1. The Hall–Kier alpha value is 0.170. The van der Waals surface area contributed by atoms with Gasteiger partial charge in [0.05, 0.1) is 0 Å². The molecule has 1 saturated carbocycles. The van der Waals surface area contributed by atoms with Crippen molar-refractivity contribution in [2.75, 3.05) is 0 Å². The Labute approximate surface area is 69.2 Å². The molecule has 1 aliphatic rings. The van der Waals surface area contributed by atoms with Gasteiger partial charge in [-0.3, -0.25) is 4.79 Å². The highest BCUT2D eigenvalue weighted by Crippen LogP contribution is 2.43. The van der Waals surface area contributed by atoms with Gasteiger partial charge in [0.25, 0.3) is 0 Å². The fourth-order valence-electron chi connectivity index (χ4n) is 1.29. The van der Waals surface area contributed by atoms with Crippen LogP contribution in [0.25, 0.3) is 0 Å². The van der Waals surface area contributed by atoms with Crippen LogP contribution in [0.1, 0.15) is 25.7 Å². The minimum atomic E-state index is -0.704. The number of thiol groups is 1. The molecule has 0 atom stereocenters. The molecule has 0 radical (unpaired) electrons. The first-order valence-electron chi connectivity index (χ1n) is 3.27. The standard InChI is InChI=1S/C6H10O2S2/c7-5(8)6(10-9)3-1-2-4-6/h9H,1-4H2,(H,7,8). The number of hydrogen-bond donors (Lipinski definition) is 2. The van der Waals surface area contributed by atoms with Gasteiger partial charge in [-0.25, -0.2) is 0 Å². The van der Waals surface area contributed by atoms with Gasteiger partial charge in [0.1, 0.15) is 4.75 Å². The largest absolute Gasteiger partial charge is 0.480 e. The molecule has 0 amide bonds. The predicted molar refractivity (Wildman–Crippen MR) is 45.4 cm³/mol. The lowest BCUT2D eigenvalue weighted by molar-refractivity contribution is -0.139. The molecular weight excluding hydrogens is 168 g/mol. The molecule has 1 N–H and O–H groups in total. The molecule has 0 unspecified atom stereocenters. The maximum absolute atomic E-state index is 10.7. The lowest BCUT2D eigenvalue weighted by Crippen LogP contribution is -2.30. The second-order valence-electron chi connectivity index (χ2n) is 2.60. The van der Waals surface area contributed by atoms with Crippen LogP contribution < -0.4 is 0 Å². The number of carboxylic acid groups (broad SMARTS) is 1. The minimum absolute atomic E-state index is 0.566. The van der Waals surface area contributed by atoms with Crippen LogP contribution in [0.15, 0.2) is 0 Å². The van der Waals surface area contributed by atoms with Gasteiger partial charge in [-0.05, 0) is 12.8 Å². The third-order valence-corrected chi connectivity index (χ3v) is 3.96. The summed E-state index contributed by atoms with van der Waals surface area (Å²) in [5.41, 5.74) is 0. The molecule has 0 spiro atoms. The summed E-state index contributed by atoms with van der Waals surface area (Å²) < 4.78 is -0.566. The molecule has 10 heavy (non-hydrogen) atoms. The summed E-state index contributed by atoms with van der Waals surface area (Å²) in [6.07, 6.45) is 3.60. The quantitative estimate of drug-likeness (QED) is 0.501. The minimum Gasteiger partial charge on any atom is -0.480 e. The van der Waals surface area contributed by atoms with E-state index in [1.165, 1.54) is 10.8 Å². The lowest BCUT2D eigenvalue weighted by atomic mass is 10.1. The zero-order valence-electron chi connectivity index (χ0n) is 5.54. The molecule has 0 bridgehead atoms. The van der Waals surface area contributed by atoms with Crippen LogP contribution in [0.3, 0.4) is 0 Å². The Kier molecular flexibility index (Phi) is 2.52. The van der Waals surface area contributed by atoms with Crippen LogP contribution in [0.4, 0.5) is 0 Å². The van der Waals surface area contributed by atoms with Crippen LogP contribution in [0.2, 0.25) is 0 Å². The molecule has 0 heterocycles. The number of aliphatic carboxylic acids is 1. The van der Waals surface area contributed by atoms with Gasteiger partial charge in [-0.2, -0.15) is 0 Å². The molecule has 1 fully saturated rings. The van der Waals surface area contributed by atoms with Gasteiger partial charge in [0.15, 0.2) is 0 Å². The van der Waals surface area contributed by atoms with Crippen molar-refractivity contribution in [1.82, 2.24) is 0 Å². The zero-order chi connectivity index (χ0) is 7.61. The summed E-state index contributed by atoms with van der Waals surface area (Å²) >= 11 is 3.98. The first-order chi connectivity index (χ1) is 4.71. The van der Waals surface area contributed by atoms with Gasteiger partial charge >= 0.3 is 5.97 Å². The van der Waals surface area contributed by atoms with Gasteiger partial charge in [0, 0.05) is 0 Å². The van der Waals surface area contributed by atoms with Crippen molar-refractivity contribution >= 4 is 28.4 Å². The average molecular weight is 178 g/mol. The number of hydrogen-bond acceptors (Lipinski definition) is 3. The molecule has 2 nitrogen and oxygen atoms in total. The Bertz CT molecular complexity index is 141. The molecule has 0 aliphatic heterocycles. The topological polar surface area (TPSA) is 37.3 Å². The smallest absolute Gasteiger partial charge is 0.320 e. The van der Waals surface area contributed by atoms with Gasteiger partial charge < -0.3 is 5.11 Å². The molecule has 0 aromatic heterocycles. The van der Waals surface area contributed by atoms with E-state index in [2.05, 4.69) is 11.7 Å². The van der Waals surface area contributed by atoms with Crippen molar-refractivity contribution in [1.29, 1.82) is 0 Å². The van der Waals surface area contributed by atoms with Gasteiger partial charge in [-0.1, -0.05) is 23.6 Å². The van der Waals surface area contributed by atoms with Gasteiger partial charge in [0.2, 0.25) is 0 Å².